The number of amides is 4. The van der Waals surface area contributed by atoms with Crippen LogP contribution in [0, 0.1) is 0 Å². The van der Waals surface area contributed by atoms with Crippen LogP contribution in [-0.2, 0) is 22.6 Å². The average molecular weight is 365 g/mol. The Bertz CT molecular complexity index is 910. The van der Waals surface area contributed by atoms with Crippen LogP contribution in [0.15, 0.2) is 48.5 Å². The lowest BCUT2D eigenvalue weighted by molar-refractivity contribution is -0.140. The molecular formula is C20H19N3O4. The summed E-state index contributed by atoms with van der Waals surface area (Å²) in [6, 6.07) is 14.0. The number of methoxy groups -OCH3 is 1. The number of nitrogens with zero attached hydrogens (tertiary/aromatic N) is 3. The maximum absolute atomic E-state index is 12.8. The van der Waals surface area contributed by atoms with Crippen molar-refractivity contribution < 1.29 is 19.1 Å². The van der Waals surface area contributed by atoms with Crippen molar-refractivity contribution in [2.75, 3.05) is 25.2 Å². The third kappa shape index (κ3) is 3.06. The molecule has 2 aliphatic rings. The lowest BCUT2D eigenvalue weighted by Crippen LogP contribution is -2.44. The van der Waals surface area contributed by atoms with E-state index in [9.17, 15) is 14.4 Å². The predicted octanol–water partition coefficient (Wildman–Crippen LogP) is 2.01. The van der Waals surface area contributed by atoms with Gasteiger partial charge in [-0.25, -0.2) is 14.6 Å². The third-order valence-electron chi connectivity index (χ3n) is 4.94. The molecule has 7 nitrogen and oxygen atoms in total. The second-order valence-electron chi connectivity index (χ2n) is 6.57. The van der Waals surface area contributed by atoms with Gasteiger partial charge in [-0.05, 0) is 41.8 Å². The molecule has 7 heteroatoms. The normalized spacial score (nSPS) is 17.4. The molecule has 2 aliphatic heterocycles. The number of anilines is 1. The van der Waals surface area contributed by atoms with Crippen molar-refractivity contribution in [2.45, 2.75) is 13.0 Å². The van der Waals surface area contributed by atoms with Crippen LogP contribution >= 0.6 is 0 Å². The van der Waals surface area contributed by atoms with Crippen LogP contribution in [-0.4, -0.2) is 48.0 Å². The second-order valence-corrected chi connectivity index (χ2v) is 6.57. The molecule has 0 unspecified atom stereocenters. The van der Waals surface area contributed by atoms with Crippen LogP contribution in [0.1, 0.15) is 11.1 Å². The predicted molar refractivity (Wildman–Crippen MR) is 98.1 cm³/mol. The smallest absolute Gasteiger partial charge is 0.340 e. The van der Waals surface area contributed by atoms with Crippen molar-refractivity contribution in [1.82, 2.24) is 9.80 Å². The van der Waals surface area contributed by atoms with E-state index in [0.29, 0.717) is 18.0 Å². The first-order chi connectivity index (χ1) is 13.1. The molecule has 0 aliphatic carbocycles. The average Bonchev–Trinajstić information content (AvgIpc) is 2.91. The summed E-state index contributed by atoms with van der Waals surface area (Å²) in [5.41, 5.74) is 2.82. The lowest BCUT2D eigenvalue weighted by Gasteiger charge is -2.30. The molecule has 0 N–H and O–H groups in total. The highest BCUT2D eigenvalue weighted by atomic mass is 16.5. The van der Waals surface area contributed by atoms with E-state index in [2.05, 4.69) is 6.07 Å². The zero-order valence-electron chi connectivity index (χ0n) is 14.9. The van der Waals surface area contributed by atoms with Crippen molar-refractivity contribution in [2.24, 2.45) is 0 Å². The lowest BCUT2D eigenvalue weighted by atomic mass is 10.0. The number of fused-ring (bicyclic) bond motifs is 1. The summed E-state index contributed by atoms with van der Waals surface area (Å²) in [5.74, 6) is -1.02. The van der Waals surface area contributed by atoms with Gasteiger partial charge >= 0.3 is 17.8 Å². The summed E-state index contributed by atoms with van der Waals surface area (Å²) in [7, 11) is 1.53. The number of rotatable bonds is 4. The molecule has 0 aromatic heterocycles. The third-order valence-corrected chi connectivity index (χ3v) is 4.94. The van der Waals surface area contributed by atoms with E-state index in [-0.39, 0.29) is 6.67 Å². The maximum atomic E-state index is 12.8. The zero-order chi connectivity index (χ0) is 19.0. The van der Waals surface area contributed by atoms with E-state index in [0.717, 1.165) is 22.8 Å². The highest BCUT2D eigenvalue weighted by Gasteiger charge is 2.46. The standard InChI is InChI=1S/C20H19N3O4/c1-27-17-8-6-16(7-9-17)23-19(25)18(24)22(20(23)26)13-21-11-10-14-4-2-3-5-15(14)12-21/h2-9H,10-13H2,1H3. The molecule has 4 amide bonds. The molecule has 2 aromatic carbocycles. The van der Waals surface area contributed by atoms with Crippen LogP contribution in [0.3, 0.4) is 0 Å². The first-order valence-corrected chi connectivity index (χ1v) is 8.71. The Balaban J connectivity index is 1.51. The van der Waals surface area contributed by atoms with E-state index >= 15 is 0 Å². The summed E-state index contributed by atoms with van der Waals surface area (Å²) >= 11 is 0. The summed E-state index contributed by atoms with van der Waals surface area (Å²) in [4.78, 5) is 41.5. The second kappa shape index (κ2) is 6.85. The van der Waals surface area contributed by atoms with Crippen molar-refractivity contribution >= 4 is 23.5 Å². The van der Waals surface area contributed by atoms with Gasteiger partial charge < -0.3 is 4.74 Å². The van der Waals surface area contributed by atoms with Gasteiger partial charge in [0.1, 0.15) is 5.75 Å². The number of benzene rings is 2. The SMILES string of the molecule is COc1ccc(N2C(=O)C(=O)N(CN3CCc4ccccc4C3)C2=O)cc1. The molecule has 0 spiro atoms. The molecule has 0 radical (unpaired) electrons. The number of urea groups is 1. The fourth-order valence-corrected chi connectivity index (χ4v) is 3.46. The fraction of sp³-hybridized carbons (Fsp3) is 0.250. The topological polar surface area (TPSA) is 70.2 Å². The Kier molecular flexibility index (Phi) is 4.37. The maximum Gasteiger partial charge on any atom is 0.340 e. The number of ether oxygens (including phenoxy) is 1. The van der Waals surface area contributed by atoms with Crippen molar-refractivity contribution in [3.05, 3.63) is 59.7 Å². The monoisotopic (exact) mass is 365 g/mol. The fourth-order valence-electron chi connectivity index (χ4n) is 3.46. The van der Waals surface area contributed by atoms with Crippen molar-refractivity contribution in [3.63, 3.8) is 0 Å². The molecule has 0 bridgehead atoms. The summed E-state index contributed by atoms with van der Waals surface area (Å²) < 4.78 is 5.08. The summed E-state index contributed by atoms with van der Waals surface area (Å²) in [5, 5.41) is 0. The minimum absolute atomic E-state index is 0.102. The molecule has 4 rings (SSSR count). The van der Waals surface area contributed by atoms with Gasteiger partial charge in [-0.15, -0.1) is 0 Å². The Morgan fingerprint density at radius 2 is 1.63 bits per heavy atom. The number of hydrogen-bond donors (Lipinski definition) is 0. The first kappa shape index (κ1) is 17.2. The van der Waals surface area contributed by atoms with Crippen molar-refractivity contribution in [1.29, 1.82) is 0 Å². The van der Waals surface area contributed by atoms with Gasteiger partial charge in [0.05, 0.1) is 19.5 Å². The van der Waals surface area contributed by atoms with Crippen LogP contribution in [0.5, 0.6) is 5.75 Å². The van der Waals surface area contributed by atoms with Crippen LogP contribution in [0.25, 0.3) is 0 Å². The minimum Gasteiger partial charge on any atom is -0.497 e. The Labute approximate surface area is 156 Å². The molecule has 0 atom stereocenters. The largest absolute Gasteiger partial charge is 0.497 e. The van der Waals surface area contributed by atoms with E-state index in [4.69, 9.17) is 4.74 Å². The number of imide groups is 2. The minimum atomic E-state index is -0.831. The first-order valence-electron chi connectivity index (χ1n) is 8.71. The van der Waals surface area contributed by atoms with Crippen LogP contribution in [0.4, 0.5) is 10.5 Å². The highest BCUT2D eigenvalue weighted by Crippen LogP contribution is 2.26. The van der Waals surface area contributed by atoms with Crippen molar-refractivity contribution in [3.8, 4) is 5.75 Å². The Morgan fingerprint density at radius 1 is 0.926 bits per heavy atom. The zero-order valence-corrected chi connectivity index (χ0v) is 14.9. The molecule has 0 saturated carbocycles. The molecule has 2 heterocycles. The molecular weight excluding hydrogens is 346 g/mol. The molecule has 1 fully saturated rings. The molecule has 138 valence electrons. The van der Waals surface area contributed by atoms with Crippen LogP contribution < -0.4 is 9.64 Å². The van der Waals surface area contributed by atoms with Gasteiger partial charge in [0.2, 0.25) is 0 Å². The number of hydrogen-bond acceptors (Lipinski definition) is 5. The molecule has 2 aromatic rings. The van der Waals surface area contributed by atoms with E-state index < -0.39 is 17.8 Å². The highest BCUT2D eigenvalue weighted by molar-refractivity contribution is 6.52. The van der Waals surface area contributed by atoms with E-state index in [1.54, 1.807) is 24.3 Å². The van der Waals surface area contributed by atoms with Gasteiger partial charge in [-0.1, -0.05) is 24.3 Å². The van der Waals surface area contributed by atoms with Gasteiger partial charge in [0.25, 0.3) is 0 Å². The van der Waals surface area contributed by atoms with Gasteiger partial charge in [-0.2, -0.15) is 0 Å². The number of carbonyl (C=O) groups excluding carboxylic acids is 3. The van der Waals surface area contributed by atoms with Gasteiger partial charge in [0, 0.05) is 13.1 Å². The van der Waals surface area contributed by atoms with E-state index in [1.807, 2.05) is 23.1 Å². The van der Waals surface area contributed by atoms with Gasteiger partial charge in [-0.3, -0.25) is 14.5 Å². The summed E-state index contributed by atoms with van der Waals surface area (Å²) in [6.45, 7) is 1.47. The molecule has 27 heavy (non-hydrogen) atoms. The Morgan fingerprint density at radius 3 is 2.33 bits per heavy atom. The van der Waals surface area contributed by atoms with Crippen LogP contribution in [0.2, 0.25) is 0 Å². The van der Waals surface area contributed by atoms with Gasteiger partial charge in [0.15, 0.2) is 0 Å². The molecule has 1 saturated heterocycles. The number of carbonyl (C=O) groups is 3. The van der Waals surface area contributed by atoms with E-state index in [1.165, 1.54) is 18.2 Å². The quantitative estimate of drug-likeness (QED) is 0.612. The Hall–Kier alpha value is -3.19. The summed E-state index contributed by atoms with van der Waals surface area (Å²) in [6.07, 6.45) is 0.850.